The van der Waals surface area contributed by atoms with Crippen molar-refractivity contribution in [3.05, 3.63) is 51.0 Å². The summed E-state index contributed by atoms with van der Waals surface area (Å²) in [5.41, 5.74) is 1.27. The Bertz CT molecular complexity index is 1010. The topological polar surface area (TPSA) is 79.2 Å². The van der Waals surface area contributed by atoms with E-state index in [9.17, 15) is 4.79 Å². The lowest BCUT2D eigenvalue weighted by atomic mass is 10.3. The Morgan fingerprint density at radius 2 is 2.32 bits per heavy atom. The van der Waals surface area contributed by atoms with E-state index < -0.39 is 0 Å². The first kappa shape index (κ1) is 17.5. The lowest BCUT2D eigenvalue weighted by Crippen LogP contribution is -2.22. The molecule has 0 atom stereocenters. The summed E-state index contributed by atoms with van der Waals surface area (Å²) in [4.78, 5) is 18.0. The molecular formula is C15H13ClN6OS2. The number of hydrogen-bond donors (Lipinski definition) is 1. The summed E-state index contributed by atoms with van der Waals surface area (Å²) < 4.78 is 1.89. The SMILES string of the molecule is CC(=O)N(c1cccc(Cl)c1)c1nc(/C=N\n2c(C)n[nH]c2=S)cs1. The van der Waals surface area contributed by atoms with Crippen LogP contribution < -0.4 is 4.90 Å². The van der Waals surface area contributed by atoms with E-state index in [0.29, 0.717) is 32.1 Å². The fourth-order valence-corrected chi connectivity index (χ4v) is 3.35. The molecule has 2 aromatic heterocycles. The molecule has 0 fully saturated rings. The van der Waals surface area contributed by atoms with Crippen LogP contribution in [-0.4, -0.2) is 32.0 Å². The average Bonchev–Trinajstić information content (AvgIpc) is 3.13. The van der Waals surface area contributed by atoms with Crippen LogP contribution in [0.25, 0.3) is 0 Å². The summed E-state index contributed by atoms with van der Waals surface area (Å²) in [6, 6.07) is 7.05. The van der Waals surface area contributed by atoms with E-state index in [1.54, 1.807) is 42.8 Å². The second-order valence-electron chi connectivity index (χ2n) is 5.02. The number of rotatable bonds is 4. The minimum Gasteiger partial charge on any atom is -0.274 e. The van der Waals surface area contributed by atoms with Gasteiger partial charge in [-0.2, -0.15) is 14.9 Å². The summed E-state index contributed by atoms with van der Waals surface area (Å²) in [6.45, 7) is 3.26. The van der Waals surface area contributed by atoms with E-state index in [-0.39, 0.29) is 5.91 Å². The van der Waals surface area contributed by atoms with Crippen molar-refractivity contribution in [1.82, 2.24) is 19.9 Å². The van der Waals surface area contributed by atoms with E-state index in [1.165, 1.54) is 27.8 Å². The molecule has 1 aromatic carbocycles. The van der Waals surface area contributed by atoms with Gasteiger partial charge in [0, 0.05) is 17.3 Å². The third-order valence-corrected chi connectivity index (χ3v) is 4.54. The molecular weight excluding hydrogens is 380 g/mol. The minimum absolute atomic E-state index is 0.159. The smallest absolute Gasteiger partial charge is 0.230 e. The molecule has 0 aliphatic carbocycles. The second kappa shape index (κ2) is 7.26. The van der Waals surface area contributed by atoms with Crippen molar-refractivity contribution >= 4 is 58.1 Å². The predicted octanol–water partition coefficient (Wildman–Crippen LogP) is 3.93. The summed E-state index contributed by atoms with van der Waals surface area (Å²) in [7, 11) is 0. The van der Waals surface area contributed by atoms with E-state index in [0.717, 1.165) is 0 Å². The normalized spacial score (nSPS) is 11.2. The van der Waals surface area contributed by atoms with Crippen LogP contribution in [-0.2, 0) is 4.79 Å². The molecule has 1 amide bonds. The number of aromatic nitrogens is 4. The molecule has 0 spiro atoms. The Balaban J connectivity index is 1.91. The number of halogens is 1. The zero-order valence-electron chi connectivity index (χ0n) is 13.3. The molecule has 7 nitrogen and oxygen atoms in total. The number of anilines is 2. The number of carbonyl (C=O) groups excluding carboxylic acids is 1. The largest absolute Gasteiger partial charge is 0.274 e. The number of aryl methyl sites for hydroxylation is 1. The monoisotopic (exact) mass is 392 g/mol. The van der Waals surface area contributed by atoms with Gasteiger partial charge in [0.2, 0.25) is 10.7 Å². The summed E-state index contributed by atoms with van der Waals surface area (Å²) in [5.74, 6) is 0.481. The van der Waals surface area contributed by atoms with Crippen molar-refractivity contribution in [2.45, 2.75) is 13.8 Å². The van der Waals surface area contributed by atoms with Crippen LogP contribution in [0.15, 0.2) is 34.7 Å². The highest BCUT2D eigenvalue weighted by molar-refractivity contribution is 7.71. The molecule has 3 aromatic rings. The maximum atomic E-state index is 12.1. The van der Waals surface area contributed by atoms with Crippen LogP contribution in [0.3, 0.4) is 0 Å². The van der Waals surface area contributed by atoms with Crippen LogP contribution in [0.5, 0.6) is 0 Å². The first-order valence-corrected chi connectivity index (χ1v) is 8.82. The number of hydrogen-bond acceptors (Lipinski definition) is 6. The van der Waals surface area contributed by atoms with Crippen molar-refractivity contribution in [1.29, 1.82) is 0 Å². The van der Waals surface area contributed by atoms with Crippen LogP contribution >= 0.6 is 35.2 Å². The zero-order chi connectivity index (χ0) is 18.0. The quantitative estimate of drug-likeness (QED) is 0.539. The lowest BCUT2D eigenvalue weighted by molar-refractivity contribution is -0.115. The zero-order valence-corrected chi connectivity index (χ0v) is 15.7. The number of amides is 1. The van der Waals surface area contributed by atoms with Crippen molar-refractivity contribution in [2.75, 3.05) is 4.90 Å². The number of nitrogens with one attached hydrogen (secondary N) is 1. The molecule has 3 rings (SSSR count). The molecule has 0 bridgehead atoms. The number of benzene rings is 1. The van der Waals surface area contributed by atoms with Crippen LogP contribution in [0.2, 0.25) is 5.02 Å². The van der Waals surface area contributed by atoms with Gasteiger partial charge in [0.25, 0.3) is 0 Å². The highest BCUT2D eigenvalue weighted by Gasteiger charge is 2.17. The van der Waals surface area contributed by atoms with Crippen molar-refractivity contribution in [3.8, 4) is 0 Å². The maximum Gasteiger partial charge on any atom is 0.230 e. The van der Waals surface area contributed by atoms with Gasteiger partial charge in [0.1, 0.15) is 5.82 Å². The van der Waals surface area contributed by atoms with E-state index >= 15 is 0 Å². The Hall–Kier alpha value is -2.36. The third-order valence-electron chi connectivity index (χ3n) is 3.20. The number of H-pyrrole nitrogens is 1. The predicted molar refractivity (Wildman–Crippen MR) is 102 cm³/mol. The highest BCUT2D eigenvalue weighted by atomic mass is 35.5. The van der Waals surface area contributed by atoms with E-state index in [2.05, 4.69) is 20.3 Å². The van der Waals surface area contributed by atoms with Gasteiger partial charge in [-0.1, -0.05) is 17.7 Å². The Morgan fingerprint density at radius 3 is 2.96 bits per heavy atom. The molecule has 128 valence electrons. The number of nitrogens with zero attached hydrogens (tertiary/aromatic N) is 5. The standard InChI is InChI=1S/C15H13ClN6OS2/c1-9-19-20-14(24)22(9)17-7-12-8-25-15(18-12)21(10(2)23)13-5-3-4-11(16)6-13/h3-8H,1-2H3,(H,20,24)/b17-7-. The van der Waals surface area contributed by atoms with Gasteiger partial charge >= 0.3 is 0 Å². The minimum atomic E-state index is -0.159. The fraction of sp³-hybridized carbons (Fsp3) is 0.133. The van der Waals surface area contributed by atoms with E-state index in [4.69, 9.17) is 23.8 Å². The maximum absolute atomic E-state index is 12.1. The van der Waals surface area contributed by atoms with Gasteiger partial charge in [0.05, 0.1) is 17.6 Å². The first-order valence-electron chi connectivity index (χ1n) is 7.16. The highest BCUT2D eigenvalue weighted by Crippen LogP contribution is 2.30. The van der Waals surface area contributed by atoms with Crippen LogP contribution in [0, 0.1) is 11.7 Å². The second-order valence-corrected chi connectivity index (χ2v) is 6.68. The molecule has 0 unspecified atom stereocenters. The Kier molecular flexibility index (Phi) is 5.07. The molecule has 0 aliphatic heterocycles. The van der Waals surface area contributed by atoms with Gasteiger partial charge in [0.15, 0.2) is 5.13 Å². The molecule has 25 heavy (non-hydrogen) atoms. The molecule has 0 saturated carbocycles. The van der Waals surface area contributed by atoms with Gasteiger partial charge in [-0.05, 0) is 37.3 Å². The summed E-state index contributed by atoms with van der Waals surface area (Å²) in [5, 5.41) is 13.8. The Morgan fingerprint density at radius 1 is 1.52 bits per heavy atom. The molecule has 1 N–H and O–H groups in total. The van der Waals surface area contributed by atoms with Crippen molar-refractivity contribution in [2.24, 2.45) is 5.10 Å². The van der Waals surface area contributed by atoms with Crippen LogP contribution in [0.4, 0.5) is 10.8 Å². The number of carbonyl (C=O) groups is 1. The summed E-state index contributed by atoms with van der Waals surface area (Å²) >= 11 is 12.5. The molecule has 0 radical (unpaired) electrons. The third kappa shape index (κ3) is 3.84. The Labute approximate surface area is 157 Å². The molecule has 0 aliphatic rings. The molecule has 2 heterocycles. The number of aromatic amines is 1. The average molecular weight is 393 g/mol. The van der Waals surface area contributed by atoms with Crippen LogP contribution in [0.1, 0.15) is 18.4 Å². The first-order chi connectivity index (χ1) is 12.0. The number of thiazole rings is 1. The van der Waals surface area contributed by atoms with Gasteiger partial charge in [-0.15, -0.1) is 11.3 Å². The van der Waals surface area contributed by atoms with Gasteiger partial charge in [-0.3, -0.25) is 14.8 Å². The molecule has 0 saturated heterocycles. The van der Waals surface area contributed by atoms with E-state index in [1.807, 2.05) is 0 Å². The summed E-state index contributed by atoms with van der Waals surface area (Å²) in [6.07, 6.45) is 1.56. The molecule has 10 heteroatoms. The lowest BCUT2D eigenvalue weighted by Gasteiger charge is -2.18. The fourth-order valence-electron chi connectivity index (χ4n) is 2.10. The van der Waals surface area contributed by atoms with Crippen molar-refractivity contribution in [3.63, 3.8) is 0 Å². The van der Waals surface area contributed by atoms with Gasteiger partial charge < -0.3 is 0 Å². The van der Waals surface area contributed by atoms with Crippen molar-refractivity contribution < 1.29 is 4.79 Å². The van der Waals surface area contributed by atoms with Gasteiger partial charge in [-0.25, -0.2) is 4.98 Å².